The molecule has 3 nitrogen and oxygen atoms in total. The molecule has 0 aromatic rings. The molecule has 0 aliphatic heterocycles. The molecule has 2 N–H and O–H groups in total. The quantitative estimate of drug-likeness (QED) is 0.465. The zero-order valence-corrected chi connectivity index (χ0v) is 9.18. The molecule has 0 heterocycles. The van der Waals surface area contributed by atoms with Gasteiger partial charge in [-0.2, -0.15) is 0 Å². The Morgan fingerprint density at radius 2 is 2.14 bits per heavy atom. The van der Waals surface area contributed by atoms with E-state index in [9.17, 15) is 4.79 Å². The van der Waals surface area contributed by atoms with E-state index in [2.05, 4.69) is 25.7 Å². The molecule has 0 aliphatic rings. The number of carboxylic acid groups (broad SMARTS) is 1. The molecule has 3 heteroatoms. The van der Waals surface area contributed by atoms with Crippen LogP contribution in [0.3, 0.4) is 0 Å². The lowest BCUT2D eigenvalue weighted by Crippen LogP contribution is -2.29. The Kier molecular flexibility index (Phi) is 7.11. The first-order chi connectivity index (χ1) is 6.57. The van der Waals surface area contributed by atoms with Gasteiger partial charge in [-0.25, -0.2) is 4.79 Å². The number of unbranched alkanes of at least 4 members (excludes halogenated alkanes) is 2. The summed E-state index contributed by atoms with van der Waals surface area (Å²) in [6.45, 7) is 8.08. The van der Waals surface area contributed by atoms with Gasteiger partial charge in [0.05, 0.1) is 0 Å². The van der Waals surface area contributed by atoms with Crippen LogP contribution in [0.2, 0.25) is 0 Å². The standard InChI is InChI=1S/C11H21NO2/c1-4-5-6-7-10(3)12-8-9(2)11(13)14/h10,12H,2,4-8H2,1,3H3,(H,13,14). The number of carbonyl (C=O) groups is 1. The molecule has 0 spiro atoms. The van der Waals surface area contributed by atoms with Gasteiger partial charge in [-0.05, 0) is 13.3 Å². The second-order valence-corrected chi connectivity index (χ2v) is 3.69. The van der Waals surface area contributed by atoms with Crippen molar-refractivity contribution in [3.05, 3.63) is 12.2 Å². The van der Waals surface area contributed by atoms with Crippen LogP contribution in [0.1, 0.15) is 39.5 Å². The highest BCUT2D eigenvalue weighted by Crippen LogP contribution is 2.03. The summed E-state index contributed by atoms with van der Waals surface area (Å²) in [5, 5.41) is 11.7. The van der Waals surface area contributed by atoms with Crippen molar-refractivity contribution in [3.63, 3.8) is 0 Å². The lowest BCUT2D eigenvalue weighted by Gasteiger charge is -2.13. The van der Waals surface area contributed by atoms with E-state index in [4.69, 9.17) is 5.11 Å². The van der Waals surface area contributed by atoms with Crippen LogP contribution in [-0.2, 0) is 4.79 Å². The summed E-state index contributed by atoms with van der Waals surface area (Å²) in [5.41, 5.74) is 0.229. The first-order valence-electron chi connectivity index (χ1n) is 5.22. The maximum Gasteiger partial charge on any atom is 0.332 e. The van der Waals surface area contributed by atoms with E-state index in [0.717, 1.165) is 6.42 Å². The Hall–Kier alpha value is -0.830. The Labute approximate surface area is 86.2 Å². The molecule has 14 heavy (non-hydrogen) atoms. The third kappa shape index (κ3) is 6.66. The van der Waals surface area contributed by atoms with Crippen molar-refractivity contribution in [3.8, 4) is 0 Å². The third-order valence-electron chi connectivity index (χ3n) is 2.21. The molecule has 0 aromatic carbocycles. The molecule has 0 rings (SSSR count). The summed E-state index contributed by atoms with van der Waals surface area (Å²) < 4.78 is 0. The van der Waals surface area contributed by atoms with E-state index < -0.39 is 5.97 Å². The Morgan fingerprint density at radius 3 is 2.64 bits per heavy atom. The second-order valence-electron chi connectivity index (χ2n) is 3.69. The topological polar surface area (TPSA) is 49.3 Å². The number of nitrogens with one attached hydrogen (secondary N) is 1. The average Bonchev–Trinajstić information content (AvgIpc) is 2.14. The first-order valence-corrected chi connectivity index (χ1v) is 5.22. The van der Waals surface area contributed by atoms with Crippen LogP contribution in [0.5, 0.6) is 0 Å². The maximum absolute atomic E-state index is 10.4. The smallest absolute Gasteiger partial charge is 0.332 e. The molecular formula is C11H21NO2. The van der Waals surface area contributed by atoms with Gasteiger partial charge in [0.2, 0.25) is 0 Å². The van der Waals surface area contributed by atoms with Crippen LogP contribution in [0.25, 0.3) is 0 Å². The van der Waals surface area contributed by atoms with Crippen LogP contribution in [-0.4, -0.2) is 23.7 Å². The number of aliphatic carboxylic acids is 1. The predicted molar refractivity (Wildman–Crippen MR) is 58.4 cm³/mol. The van der Waals surface area contributed by atoms with E-state index in [-0.39, 0.29) is 5.57 Å². The molecule has 82 valence electrons. The molecule has 0 fully saturated rings. The largest absolute Gasteiger partial charge is 0.478 e. The number of carboxylic acids is 1. The van der Waals surface area contributed by atoms with Gasteiger partial charge in [-0.1, -0.05) is 32.8 Å². The van der Waals surface area contributed by atoms with E-state index in [1.165, 1.54) is 19.3 Å². The number of hydrogen-bond donors (Lipinski definition) is 2. The second kappa shape index (κ2) is 7.56. The monoisotopic (exact) mass is 199 g/mol. The van der Waals surface area contributed by atoms with Gasteiger partial charge in [0.15, 0.2) is 0 Å². The normalized spacial score (nSPS) is 12.4. The lowest BCUT2D eigenvalue weighted by molar-refractivity contribution is -0.132. The SMILES string of the molecule is C=C(CNC(C)CCCCC)C(=O)O. The summed E-state index contributed by atoms with van der Waals surface area (Å²) in [5.74, 6) is -0.918. The molecule has 1 unspecified atom stereocenters. The summed E-state index contributed by atoms with van der Waals surface area (Å²) in [7, 11) is 0. The molecule has 0 aromatic heterocycles. The molecular weight excluding hydrogens is 178 g/mol. The summed E-state index contributed by atoms with van der Waals surface area (Å²) in [4.78, 5) is 10.4. The highest BCUT2D eigenvalue weighted by molar-refractivity contribution is 5.86. The van der Waals surface area contributed by atoms with Gasteiger partial charge in [-0.3, -0.25) is 0 Å². The van der Waals surface area contributed by atoms with Crippen molar-refractivity contribution in [1.29, 1.82) is 0 Å². The van der Waals surface area contributed by atoms with Gasteiger partial charge >= 0.3 is 5.97 Å². The first kappa shape index (κ1) is 13.2. The van der Waals surface area contributed by atoms with Gasteiger partial charge in [0, 0.05) is 18.2 Å². The zero-order chi connectivity index (χ0) is 11.0. The van der Waals surface area contributed by atoms with Crippen LogP contribution in [0.4, 0.5) is 0 Å². The number of rotatable bonds is 8. The van der Waals surface area contributed by atoms with Gasteiger partial charge < -0.3 is 10.4 Å². The fraction of sp³-hybridized carbons (Fsp3) is 0.727. The van der Waals surface area contributed by atoms with E-state index in [0.29, 0.717) is 12.6 Å². The fourth-order valence-electron chi connectivity index (χ4n) is 1.18. The predicted octanol–water partition coefficient (Wildman–Crippen LogP) is 2.19. The van der Waals surface area contributed by atoms with Crippen LogP contribution in [0.15, 0.2) is 12.2 Å². The Morgan fingerprint density at radius 1 is 1.50 bits per heavy atom. The molecule has 0 bridgehead atoms. The third-order valence-corrected chi connectivity index (χ3v) is 2.21. The van der Waals surface area contributed by atoms with Crippen molar-refractivity contribution in [2.75, 3.05) is 6.54 Å². The summed E-state index contributed by atoms with van der Waals surface area (Å²) in [6, 6.07) is 0.373. The lowest BCUT2D eigenvalue weighted by atomic mass is 10.1. The Balaban J connectivity index is 3.48. The minimum atomic E-state index is -0.918. The van der Waals surface area contributed by atoms with E-state index in [1.807, 2.05) is 0 Å². The van der Waals surface area contributed by atoms with E-state index >= 15 is 0 Å². The van der Waals surface area contributed by atoms with Crippen LogP contribution in [0, 0.1) is 0 Å². The van der Waals surface area contributed by atoms with E-state index in [1.54, 1.807) is 0 Å². The van der Waals surface area contributed by atoms with Crippen molar-refractivity contribution >= 4 is 5.97 Å². The van der Waals surface area contributed by atoms with Gasteiger partial charge in [0.25, 0.3) is 0 Å². The minimum Gasteiger partial charge on any atom is -0.478 e. The molecule has 1 atom stereocenters. The zero-order valence-electron chi connectivity index (χ0n) is 9.18. The summed E-state index contributed by atoms with van der Waals surface area (Å²) in [6.07, 6.45) is 4.76. The minimum absolute atomic E-state index is 0.229. The van der Waals surface area contributed by atoms with Crippen molar-refractivity contribution < 1.29 is 9.90 Å². The van der Waals surface area contributed by atoms with Gasteiger partial charge in [0.1, 0.15) is 0 Å². The molecule has 0 saturated carbocycles. The molecule has 0 aliphatic carbocycles. The molecule has 0 saturated heterocycles. The van der Waals surface area contributed by atoms with Gasteiger partial charge in [-0.15, -0.1) is 0 Å². The maximum atomic E-state index is 10.4. The highest BCUT2D eigenvalue weighted by Gasteiger charge is 2.05. The molecule has 0 radical (unpaired) electrons. The Bertz CT molecular complexity index is 190. The fourth-order valence-corrected chi connectivity index (χ4v) is 1.18. The highest BCUT2D eigenvalue weighted by atomic mass is 16.4. The summed E-state index contributed by atoms with van der Waals surface area (Å²) >= 11 is 0. The molecule has 0 amide bonds. The van der Waals surface area contributed by atoms with Crippen molar-refractivity contribution in [2.45, 2.75) is 45.6 Å². The van der Waals surface area contributed by atoms with Crippen molar-refractivity contribution in [2.24, 2.45) is 0 Å². The van der Waals surface area contributed by atoms with Crippen LogP contribution >= 0.6 is 0 Å². The van der Waals surface area contributed by atoms with Crippen molar-refractivity contribution in [1.82, 2.24) is 5.32 Å². The number of hydrogen-bond acceptors (Lipinski definition) is 2. The average molecular weight is 199 g/mol. The van der Waals surface area contributed by atoms with Crippen LogP contribution < -0.4 is 5.32 Å².